The van der Waals surface area contributed by atoms with Crippen LogP contribution in [0.15, 0.2) is 0 Å². The van der Waals surface area contributed by atoms with Crippen LogP contribution in [0.1, 0.15) is 19.8 Å². The normalized spacial score (nSPS) is 26.4. The van der Waals surface area contributed by atoms with Gasteiger partial charge in [-0.05, 0) is 25.3 Å². The maximum Gasteiger partial charge on any atom is 0.379 e. The molecule has 0 amide bonds. The summed E-state index contributed by atoms with van der Waals surface area (Å²) in [7, 11) is 0. The van der Waals surface area contributed by atoms with E-state index in [2.05, 4.69) is 17.1 Å². The third kappa shape index (κ3) is 10.1. The molecule has 0 aromatic rings. The number of rotatable bonds is 2. The van der Waals surface area contributed by atoms with Gasteiger partial charge < -0.3 is 14.8 Å². The molecule has 3 aliphatic rings. The number of alkyl halides is 3. The van der Waals surface area contributed by atoms with Gasteiger partial charge in [-0.2, -0.15) is 13.2 Å². The van der Waals surface area contributed by atoms with Crippen molar-refractivity contribution in [1.82, 2.24) is 10.2 Å². The molecule has 4 nitrogen and oxygen atoms in total. The van der Waals surface area contributed by atoms with Gasteiger partial charge in [0, 0.05) is 26.2 Å². The molecule has 21 heavy (non-hydrogen) atoms. The lowest BCUT2D eigenvalue weighted by molar-refractivity contribution is 0.00818. The fourth-order valence-corrected chi connectivity index (χ4v) is 2.27. The van der Waals surface area contributed by atoms with E-state index >= 15 is 0 Å². The number of likely N-dealkylation sites (N-methyl/N-ethyl adjacent to an activating group) is 1. The number of halogens is 3. The summed E-state index contributed by atoms with van der Waals surface area (Å²) in [4.78, 5) is 2.39. The molecule has 0 spiro atoms. The van der Waals surface area contributed by atoms with Gasteiger partial charge in [0.1, 0.15) is 0 Å². The molecule has 0 aromatic carbocycles. The van der Waals surface area contributed by atoms with Crippen molar-refractivity contribution >= 4 is 0 Å². The van der Waals surface area contributed by atoms with E-state index in [0.717, 1.165) is 51.9 Å². The molecule has 3 rings (SSSR count). The van der Waals surface area contributed by atoms with Crippen LogP contribution < -0.4 is 5.32 Å². The summed E-state index contributed by atoms with van der Waals surface area (Å²) >= 11 is 0. The minimum Gasteiger partial charge on any atom is -0.379 e. The van der Waals surface area contributed by atoms with Crippen molar-refractivity contribution in [1.29, 1.82) is 0 Å². The molecule has 2 saturated heterocycles. The fourth-order valence-electron chi connectivity index (χ4n) is 2.27. The summed E-state index contributed by atoms with van der Waals surface area (Å²) in [6, 6.07) is 0. The molecule has 1 aliphatic carbocycles. The van der Waals surface area contributed by atoms with Crippen LogP contribution in [-0.2, 0) is 9.47 Å². The molecule has 1 saturated carbocycles. The molecule has 7 heteroatoms. The van der Waals surface area contributed by atoms with Gasteiger partial charge in [0.05, 0.1) is 25.9 Å². The highest BCUT2D eigenvalue weighted by Crippen LogP contribution is 2.34. The summed E-state index contributed by atoms with van der Waals surface area (Å²) in [5, 5.41) is 3.33. The van der Waals surface area contributed by atoms with Crippen LogP contribution in [0.25, 0.3) is 0 Å². The molecule has 0 bridgehead atoms. The van der Waals surface area contributed by atoms with Gasteiger partial charge in [-0.3, -0.25) is 4.90 Å². The highest BCUT2D eigenvalue weighted by molar-refractivity contribution is 4.84. The van der Waals surface area contributed by atoms with E-state index in [1.807, 2.05) is 0 Å². The third-order valence-corrected chi connectivity index (χ3v) is 3.65. The predicted octanol–water partition coefficient (Wildman–Crippen LogP) is 1.90. The Labute approximate surface area is 125 Å². The Hall–Kier alpha value is -0.370. The Bertz CT molecular complexity index is 242. The average molecular weight is 312 g/mol. The minimum atomic E-state index is -3.67. The predicted molar refractivity (Wildman–Crippen MR) is 75.4 cm³/mol. The van der Waals surface area contributed by atoms with Crippen LogP contribution in [0.5, 0.6) is 0 Å². The second-order valence-electron chi connectivity index (χ2n) is 5.24. The first-order chi connectivity index (χ1) is 10.1. The van der Waals surface area contributed by atoms with E-state index in [9.17, 15) is 13.2 Å². The van der Waals surface area contributed by atoms with Crippen molar-refractivity contribution in [2.45, 2.75) is 32.5 Å². The van der Waals surface area contributed by atoms with Gasteiger partial charge in [-0.25, -0.2) is 0 Å². The lowest BCUT2D eigenvalue weighted by Crippen LogP contribution is -2.39. The third-order valence-electron chi connectivity index (χ3n) is 3.65. The molecule has 0 radical (unpaired) electrons. The molecule has 1 N–H and O–H groups in total. The Morgan fingerprint density at radius 1 is 1.14 bits per heavy atom. The van der Waals surface area contributed by atoms with E-state index in [-0.39, 0.29) is 0 Å². The van der Waals surface area contributed by atoms with Crippen molar-refractivity contribution in [3.63, 3.8) is 0 Å². The van der Waals surface area contributed by atoms with Crippen LogP contribution in [0.2, 0.25) is 0 Å². The van der Waals surface area contributed by atoms with Crippen LogP contribution in [0.4, 0.5) is 13.2 Å². The number of nitrogens with one attached hydrogen (secondary N) is 1. The van der Waals surface area contributed by atoms with Gasteiger partial charge >= 0.3 is 6.68 Å². The number of ether oxygens (including phenoxy) is 2. The first-order valence-corrected chi connectivity index (χ1v) is 7.68. The zero-order valence-electron chi connectivity index (χ0n) is 12.7. The Morgan fingerprint density at radius 3 is 2.14 bits per heavy atom. The number of hydrogen-bond acceptors (Lipinski definition) is 4. The van der Waals surface area contributed by atoms with Gasteiger partial charge in [-0.1, -0.05) is 6.92 Å². The zero-order valence-corrected chi connectivity index (χ0v) is 12.7. The van der Waals surface area contributed by atoms with E-state index in [1.54, 1.807) is 0 Å². The van der Waals surface area contributed by atoms with Crippen LogP contribution in [0.3, 0.4) is 0 Å². The van der Waals surface area contributed by atoms with Crippen molar-refractivity contribution in [2.75, 3.05) is 52.5 Å². The first kappa shape index (κ1) is 18.7. The second-order valence-corrected chi connectivity index (χ2v) is 5.24. The van der Waals surface area contributed by atoms with Crippen molar-refractivity contribution in [2.24, 2.45) is 5.92 Å². The smallest absolute Gasteiger partial charge is 0.379 e. The van der Waals surface area contributed by atoms with Gasteiger partial charge in [0.2, 0.25) is 0 Å². The highest BCUT2D eigenvalue weighted by Gasteiger charge is 2.32. The molecular weight excluding hydrogens is 285 g/mol. The average Bonchev–Trinajstić information content (AvgIpc) is 3.34. The van der Waals surface area contributed by atoms with Crippen molar-refractivity contribution in [3.05, 3.63) is 0 Å². The molecule has 3 fully saturated rings. The Balaban J connectivity index is 0.000000171. The van der Waals surface area contributed by atoms with Gasteiger partial charge in [-0.15, -0.1) is 0 Å². The quantitative estimate of drug-likeness (QED) is 0.844. The standard InChI is InChI=1S/C7H13NO.C6H13NO.CHF3/c1-2-6(1)7-5-8-3-4-9-7;1-2-7-3-5-8-6-4-7;2-1(3)4/h6-8H,1-5H2;2-6H2,1H3;1H. The first-order valence-electron chi connectivity index (χ1n) is 7.68. The summed E-state index contributed by atoms with van der Waals surface area (Å²) in [5.41, 5.74) is 0. The van der Waals surface area contributed by atoms with Gasteiger partial charge in [0.15, 0.2) is 0 Å². The van der Waals surface area contributed by atoms with Crippen molar-refractivity contribution < 1.29 is 22.6 Å². The lowest BCUT2D eigenvalue weighted by atomic mass is 10.2. The van der Waals surface area contributed by atoms with Crippen LogP contribution in [-0.4, -0.2) is 70.2 Å². The highest BCUT2D eigenvalue weighted by atomic mass is 19.4. The molecule has 2 aliphatic heterocycles. The summed E-state index contributed by atoms with van der Waals surface area (Å²) < 4.78 is 39.7. The van der Waals surface area contributed by atoms with E-state index in [0.29, 0.717) is 6.10 Å². The van der Waals surface area contributed by atoms with Gasteiger partial charge in [0.25, 0.3) is 0 Å². The van der Waals surface area contributed by atoms with Crippen LogP contribution in [0, 0.1) is 5.92 Å². The monoisotopic (exact) mass is 312 g/mol. The molecular formula is C14H27F3N2O2. The van der Waals surface area contributed by atoms with E-state index < -0.39 is 6.68 Å². The number of morpholine rings is 2. The molecule has 0 aromatic heterocycles. The molecule has 1 atom stereocenters. The molecule has 2 heterocycles. The number of nitrogens with zero attached hydrogens (tertiary/aromatic N) is 1. The summed E-state index contributed by atoms with van der Waals surface area (Å²) in [6.07, 6.45) is 3.34. The number of hydrogen-bond donors (Lipinski definition) is 1. The maximum atomic E-state index is 9.67. The zero-order chi connectivity index (χ0) is 15.5. The Kier molecular flexibility index (Phi) is 9.99. The molecule has 1 unspecified atom stereocenters. The van der Waals surface area contributed by atoms with E-state index in [4.69, 9.17) is 9.47 Å². The fraction of sp³-hybridized carbons (Fsp3) is 1.00. The second kappa shape index (κ2) is 11.2. The topological polar surface area (TPSA) is 33.7 Å². The molecule has 126 valence electrons. The lowest BCUT2D eigenvalue weighted by Gasteiger charge is -2.24. The SMILES string of the molecule is C1COC(C2CC2)CN1.CCN1CCOCC1.FC(F)F. The summed E-state index contributed by atoms with van der Waals surface area (Å²) in [6.45, 7) is 6.83. The summed E-state index contributed by atoms with van der Waals surface area (Å²) in [5.74, 6) is 0.901. The van der Waals surface area contributed by atoms with Crippen LogP contribution >= 0.6 is 0 Å². The Morgan fingerprint density at radius 2 is 1.76 bits per heavy atom. The van der Waals surface area contributed by atoms with Crippen molar-refractivity contribution in [3.8, 4) is 0 Å². The largest absolute Gasteiger partial charge is 0.379 e. The maximum absolute atomic E-state index is 9.67. The minimum absolute atomic E-state index is 0.554. The van der Waals surface area contributed by atoms with E-state index in [1.165, 1.54) is 19.4 Å².